The molecule has 3 amide bonds. The van der Waals surface area contributed by atoms with Crippen molar-refractivity contribution in [3.05, 3.63) is 29.8 Å². The van der Waals surface area contributed by atoms with Crippen molar-refractivity contribution in [2.24, 2.45) is 0 Å². The largest absolute Gasteiger partial charge is 0.493 e. The summed E-state index contributed by atoms with van der Waals surface area (Å²) in [5.41, 5.74) is 0.702. The van der Waals surface area contributed by atoms with Crippen LogP contribution in [0.15, 0.2) is 24.3 Å². The normalized spacial score (nSPS) is 15.1. The zero-order valence-electron chi connectivity index (χ0n) is 17.9. The number of hydrogen-bond acceptors (Lipinski definition) is 6. The van der Waals surface area contributed by atoms with Crippen LogP contribution in [-0.2, 0) is 14.3 Å². The summed E-state index contributed by atoms with van der Waals surface area (Å²) in [7, 11) is 1.54. The number of urea groups is 1. The summed E-state index contributed by atoms with van der Waals surface area (Å²) in [5.74, 6) is -0.229. The first-order valence-electron chi connectivity index (χ1n) is 10.1. The maximum Gasteiger partial charge on any atom is 0.331 e. The smallest absolute Gasteiger partial charge is 0.331 e. The number of nitrogens with one attached hydrogen (secondary N) is 2. The fraction of sp³-hybridized carbons (Fsp3) is 0.500. The van der Waals surface area contributed by atoms with Crippen LogP contribution < -0.4 is 20.1 Å². The van der Waals surface area contributed by atoms with Crippen molar-refractivity contribution in [3.63, 3.8) is 0 Å². The lowest BCUT2D eigenvalue weighted by Gasteiger charge is -2.15. The molecule has 1 aliphatic carbocycles. The Bertz CT molecular complexity index is 784. The third-order valence-corrected chi connectivity index (χ3v) is 4.55. The summed E-state index contributed by atoms with van der Waals surface area (Å²) in [6.45, 7) is 5.24. The Morgan fingerprint density at radius 1 is 1.10 bits per heavy atom. The second kappa shape index (κ2) is 11.2. The first-order valence-corrected chi connectivity index (χ1v) is 10.1. The molecule has 0 heterocycles. The molecule has 1 aromatic carbocycles. The molecule has 0 aliphatic heterocycles. The SMILES string of the molecule is COc1cc(/C=C/C(=O)O[C@H](C)C(=O)NC(=O)NC2CCCC2)ccc1OC(C)C. The van der Waals surface area contributed by atoms with E-state index in [-0.39, 0.29) is 12.1 Å². The zero-order chi connectivity index (χ0) is 22.1. The molecule has 0 saturated heterocycles. The summed E-state index contributed by atoms with van der Waals surface area (Å²) in [6.07, 6.45) is 5.60. The summed E-state index contributed by atoms with van der Waals surface area (Å²) >= 11 is 0. The first-order chi connectivity index (χ1) is 14.3. The van der Waals surface area contributed by atoms with Gasteiger partial charge in [0.2, 0.25) is 0 Å². The van der Waals surface area contributed by atoms with Crippen LogP contribution >= 0.6 is 0 Å². The van der Waals surface area contributed by atoms with Gasteiger partial charge in [0, 0.05) is 12.1 Å². The molecule has 2 rings (SSSR count). The fourth-order valence-electron chi connectivity index (χ4n) is 3.08. The number of amides is 3. The number of benzene rings is 1. The van der Waals surface area contributed by atoms with Gasteiger partial charge in [-0.05, 0) is 57.4 Å². The van der Waals surface area contributed by atoms with Gasteiger partial charge >= 0.3 is 12.0 Å². The molecule has 0 spiro atoms. The van der Waals surface area contributed by atoms with E-state index in [1.165, 1.54) is 20.1 Å². The first kappa shape index (κ1) is 23.3. The van der Waals surface area contributed by atoms with Crippen molar-refractivity contribution in [1.82, 2.24) is 10.6 Å². The van der Waals surface area contributed by atoms with Crippen LogP contribution in [0.25, 0.3) is 6.08 Å². The molecule has 8 nitrogen and oxygen atoms in total. The topological polar surface area (TPSA) is 103 Å². The van der Waals surface area contributed by atoms with Crippen molar-refractivity contribution in [2.75, 3.05) is 7.11 Å². The number of esters is 1. The van der Waals surface area contributed by atoms with Gasteiger partial charge in [-0.1, -0.05) is 18.9 Å². The van der Waals surface area contributed by atoms with Crippen LogP contribution in [0, 0.1) is 0 Å². The summed E-state index contributed by atoms with van der Waals surface area (Å²) in [6, 6.07) is 4.77. The van der Waals surface area contributed by atoms with Crippen LogP contribution in [0.4, 0.5) is 4.79 Å². The number of imide groups is 1. The summed E-state index contributed by atoms with van der Waals surface area (Å²) in [5, 5.41) is 4.95. The minimum Gasteiger partial charge on any atom is -0.493 e. The minimum atomic E-state index is -1.10. The standard InChI is InChI=1S/C22H30N2O6/c1-14(2)29-18-11-9-16(13-19(18)28-4)10-12-20(25)30-15(3)21(26)24-22(27)23-17-7-5-6-8-17/h9-15,17H,5-8H2,1-4H3,(H2,23,24,26,27)/b12-10+/t15-/m1/s1. The van der Waals surface area contributed by atoms with Gasteiger partial charge in [-0.25, -0.2) is 9.59 Å². The monoisotopic (exact) mass is 418 g/mol. The molecule has 0 aromatic heterocycles. The third kappa shape index (κ3) is 7.42. The van der Waals surface area contributed by atoms with Crippen LogP contribution in [0.3, 0.4) is 0 Å². The minimum absolute atomic E-state index is 0.00292. The van der Waals surface area contributed by atoms with Crippen LogP contribution in [0.2, 0.25) is 0 Å². The van der Waals surface area contributed by atoms with E-state index in [1.54, 1.807) is 24.3 Å². The van der Waals surface area contributed by atoms with Gasteiger partial charge in [-0.2, -0.15) is 0 Å². The van der Waals surface area contributed by atoms with Gasteiger partial charge < -0.3 is 19.5 Å². The maximum absolute atomic E-state index is 12.0. The number of rotatable bonds is 8. The molecule has 1 fully saturated rings. The highest BCUT2D eigenvalue weighted by molar-refractivity contribution is 5.98. The molecular weight excluding hydrogens is 388 g/mol. The number of carbonyl (C=O) groups is 3. The number of carbonyl (C=O) groups excluding carboxylic acids is 3. The highest BCUT2D eigenvalue weighted by Crippen LogP contribution is 2.29. The van der Waals surface area contributed by atoms with E-state index < -0.39 is 24.0 Å². The third-order valence-electron chi connectivity index (χ3n) is 4.55. The average Bonchev–Trinajstić information content (AvgIpc) is 3.19. The van der Waals surface area contributed by atoms with Gasteiger partial charge in [0.15, 0.2) is 17.6 Å². The van der Waals surface area contributed by atoms with Crippen molar-refractivity contribution in [1.29, 1.82) is 0 Å². The maximum atomic E-state index is 12.0. The van der Waals surface area contributed by atoms with E-state index in [9.17, 15) is 14.4 Å². The van der Waals surface area contributed by atoms with E-state index in [0.717, 1.165) is 25.7 Å². The highest BCUT2D eigenvalue weighted by Gasteiger charge is 2.22. The predicted octanol–water partition coefficient (Wildman–Crippen LogP) is 3.20. The molecule has 1 atom stereocenters. The molecule has 0 unspecified atom stereocenters. The molecule has 2 N–H and O–H groups in total. The molecule has 8 heteroatoms. The molecular formula is C22H30N2O6. The van der Waals surface area contributed by atoms with Crippen LogP contribution in [0.1, 0.15) is 52.0 Å². The number of methoxy groups -OCH3 is 1. The fourth-order valence-corrected chi connectivity index (χ4v) is 3.08. The lowest BCUT2D eigenvalue weighted by molar-refractivity contribution is -0.149. The number of ether oxygens (including phenoxy) is 3. The van der Waals surface area contributed by atoms with Crippen molar-refractivity contribution < 1.29 is 28.6 Å². The lowest BCUT2D eigenvalue weighted by Crippen LogP contribution is -2.47. The molecule has 164 valence electrons. The van der Waals surface area contributed by atoms with Gasteiger partial charge in [0.25, 0.3) is 5.91 Å². The Kier molecular flexibility index (Phi) is 8.70. The molecule has 0 radical (unpaired) electrons. The molecule has 30 heavy (non-hydrogen) atoms. The Morgan fingerprint density at radius 3 is 2.43 bits per heavy atom. The van der Waals surface area contributed by atoms with E-state index >= 15 is 0 Å². The second-order valence-corrected chi connectivity index (χ2v) is 7.43. The summed E-state index contributed by atoms with van der Waals surface area (Å²) < 4.78 is 16.0. The van der Waals surface area contributed by atoms with E-state index in [1.807, 2.05) is 13.8 Å². The average molecular weight is 418 g/mol. The number of hydrogen-bond donors (Lipinski definition) is 2. The second-order valence-electron chi connectivity index (χ2n) is 7.43. The Morgan fingerprint density at radius 2 is 1.80 bits per heavy atom. The molecule has 1 saturated carbocycles. The highest BCUT2D eigenvalue weighted by atomic mass is 16.5. The summed E-state index contributed by atoms with van der Waals surface area (Å²) in [4.78, 5) is 35.9. The predicted molar refractivity (Wildman–Crippen MR) is 112 cm³/mol. The zero-order valence-corrected chi connectivity index (χ0v) is 17.9. The van der Waals surface area contributed by atoms with E-state index in [4.69, 9.17) is 14.2 Å². The molecule has 1 aliphatic rings. The Hall–Kier alpha value is -3.03. The van der Waals surface area contributed by atoms with Gasteiger partial charge in [-0.3, -0.25) is 10.1 Å². The van der Waals surface area contributed by atoms with Crippen molar-refractivity contribution >= 4 is 24.0 Å². The van der Waals surface area contributed by atoms with Gasteiger partial charge in [0.1, 0.15) is 0 Å². The van der Waals surface area contributed by atoms with Crippen LogP contribution in [0.5, 0.6) is 11.5 Å². The van der Waals surface area contributed by atoms with Crippen LogP contribution in [-0.4, -0.2) is 43.3 Å². The van der Waals surface area contributed by atoms with Gasteiger partial charge in [0.05, 0.1) is 13.2 Å². The van der Waals surface area contributed by atoms with E-state index in [0.29, 0.717) is 17.1 Å². The van der Waals surface area contributed by atoms with Crippen molar-refractivity contribution in [2.45, 2.75) is 64.7 Å². The van der Waals surface area contributed by atoms with E-state index in [2.05, 4.69) is 10.6 Å². The molecule has 1 aromatic rings. The quantitative estimate of drug-likeness (QED) is 0.496. The molecule has 0 bridgehead atoms. The Balaban J connectivity index is 1.85. The van der Waals surface area contributed by atoms with Gasteiger partial charge in [-0.15, -0.1) is 0 Å². The Labute approximate surface area is 176 Å². The lowest BCUT2D eigenvalue weighted by atomic mass is 10.2. The van der Waals surface area contributed by atoms with Crippen molar-refractivity contribution in [3.8, 4) is 11.5 Å².